The maximum Gasteiger partial charge on any atom is 0.345 e. The molecule has 0 aliphatic carbocycles. The molecule has 1 N–H and O–H groups in total. The van der Waals surface area contributed by atoms with Gasteiger partial charge in [-0.3, -0.25) is 4.79 Å². The first-order chi connectivity index (χ1) is 6.97. The van der Waals surface area contributed by atoms with Crippen molar-refractivity contribution in [2.24, 2.45) is 5.18 Å². The highest BCUT2D eigenvalue weighted by Crippen LogP contribution is 2.21. The first-order valence-electron chi connectivity index (χ1n) is 3.99. The van der Waals surface area contributed by atoms with Crippen molar-refractivity contribution in [3.05, 3.63) is 16.1 Å². The number of ether oxygens (including phenoxy) is 1. The fraction of sp³-hybridized carbons (Fsp3) is 0.375. The Bertz CT molecular complexity index is 383. The van der Waals surface area contributed by atoms with Crippen LogP contribution in [0.1, 0.15) is 13.3 Å². The van der Waals surface area contributed by atoms with E-state index in [0.29, 0.717) is 0 Å². The molecule has 1 aliphatic rings. The van der Waals surface area contributed by atoms with Crippen molar-refractivity contribution in [2.75, 3.05) is 0 Å². The number of hydrogen-bond donors (Lipinski definition) is 1. The van der Waals surface area contributed by atoms with Crippen LogP contribution in [0.25, 0.3) is 0 Å². The van der Waals surface area contributed by atoms with Gasteiger partial charge in [-0.25, -0.2) is 9.59 Å². The van der Waals surface area contributed by atoms with E-state index in [1.807, 2.05) is 0 Å². The van der Waals surface area contributed by atoms with E-state index in [2.05, 4.69) is 9.91 Å². The third-order valence-electron chi connectivity index (χ3n) is 1.92. The van der Waals surface area contributed by atoms with Gasteiger partial charge in [0.05, 0.1) is 18.1 Å². The van der Waals surface area contributed by atoms with Gasteiger partial charge in [0.25, 0.3) is 5.91 Å². The topological polar surface area (TPSA) is 110 Å². The number of carbonyl (C=O) groups excluding carboxylic acids is 3. The number of aliphatic hydroxyl groups excluding tert-OH is 1. The molecule has 0 aromatic heterocycles. The molecule has 1 rings (SSSR count). The predicted octanol–water partition coefficient (Wildman–Crippen LogP) is -0.570. The average molecular weight is 213 g/mol. The molecule has 0 aromatic rings. The summed E-state index contributed by atoms with van der Waals surface area (Å²) in [5.74, 6) is -2.96. The zero-order valence-corrected chi connectivity index (χ0v) is 7.72. The zero-order chi connectivity index (χ0) is 11.6. The first-order valence-corrected chi connectivity index (χ1v) is 3.99. The van der Waals surface area contributed by atoms with Crippen molar-refractivity contribution in [3.63, 3.8) is 0 Å². The number of amides is 1. The highest BCUT2D eigenvalue weighted by molar-refractivity contribution is 6.12. The number of hydrogen-bond acceptors (Lipinski definition) is 6. The van der Waals surface area contributed by atoms with Gasteiger partial charge in [0.1, 0.15) is 0 Å². The summed E-state index contributed by atoms with van der Waals surface area (Å²) in [6.45, 7) is 1.28. The second-order valence-electron chi connectivity index (χ2n) is 2.92. The smallest absolute Gasteiger partial charge is 0.345 e. The molecule has 80 valence electrons. The molecule has 0 unspecified atom stereocenters. The van der Waals surface area contributed by atoms with E-state index in [4.69, 9.17) is 0 Å². The largest absolute Gasteiger partial charge is 0.388 e. The van der Waals surface area contributed by atoms with Crippen molar-refractivity contribution in [1.82, 2.24) is 0 Å². The summed E-state index contributed by atoms with van der Waals surface area (Å²) in [6.07, 6.45) is -2.17. The lowest BCUT2D eigenvalue weighted by atomic mass is 10.0. The van der Waals surface area contributed by atoms with Crippen LogP contribution >= 0.6 is 0 Å². The van der Waals surface area contributed by atoms with Crippen molar-refractivity contribution < 1.29 is 24.2 Å². The lowest BCUT2D eigenvalue weighted by Crippen LogP contribution is -2.19. The van der Waals surface area contributed by atoms with Gasteiger partial charge >= 0.3 is 11.9 Å². The van der Waals surface area contributed by atoms with Crippen LogP contribution in [0, 0.1) is 4.91 Å². The van der Waals surface area contributed by atoms with Gasteiger partial charge in [0.2, 0.25) is 0 Å². The molecule has 0 saturated carbocycles. The van der Waals surface area contributed by atoms with E-state index in [-0.39, 0.29) is 11.1 Å². The number of cyclic esters (lactones) is 2. The fourth-order valence-corrected chi connectivity index (χ4v) is 1.17. The third-order valence-corrected chi connectivity index (χ3v) is 1.92. The molecule has 0 bridgehead atoms. The van der Waals surface area contributed by atoms with Crippen LogP contribution in [0.3, 0.4) is 0 Å². The summed E-state index contributed by atoms with van der Waals surface area (Å²) in [5.41, 5.74) is -0.358. The number of rotatable bonds is 3. The molecule has 15 heavy (non-hydrogen) atoms. The van der Waals surface area contributed by atoms with E-state index in [1.165, 1.54) is 6.92 Å². The third kappa shape index (κ3) is 2.13. The van der Waals surface area contributed by atoms with Crippen LogP contribution in [-0.4, -0.2) is 29.1 Å². The van der Waals surface area contributed by atoms with Gasteiger partial charge in [-0.1, -0.05) is 0 Å². The fourth-order valence-electron chi connectivity index (χ4n) is 1.17. The molecule has 1 aliphatic heterocycles. The minimum Gasteiger partial charge on any atom is -0.388 e. The average Bonchev–Trinajstić information content (AvgIpc) is 2.41. The van der Waals surface area contributed by atoms with Crippen molar-refractivity contribution in [3.8, 4) is 0 Å². The number of esters is 2. The summed E-state index contributed by atoms with van der Waals surface area (Å²) < 4.78 is 4.19. The van der Waals surface area contributed by atoms with Crippen molar-refractivity contribution in [2.45, 2.75) is 19.4 Å². The SMILES string of the molecule is CC1=C([C@H](O)CC(=O)N=O)C(=O)OC1=O. The second kappa shape index (κ2) is 4.09. The minimum absolute atomic E-state index is 0.0637. The molecule has 1 atom stereocenters. The molecule has 0 spiro atoms. The predicted molar refractivity (Wildman–Crippen MR) is 45.2 cm³/mol. The molecule has 0 saturated heterocycles. The van der Waals surface area contributed by atoms with Crippen LogP contribution in [0.5, 0.6) is 0 Å². The Morgan fingerprint density at radius 3 is 2.47 bits per heavy atom. The molecule has 7 nitrogen and oxygen atoms in total. The summed E-state index contributed by atoms with van der Waals surface area (Å²) in [5, 5.41) is 11.4. The summed E-state index contributed by atoms with van der Waals surface area (Å²) >= 11 is 0. The standard InChI is InChI=1S/C8H7NO6/c1-3-6(8(13)15-7(3)12)4(10)2-5(11)9-14/h4,10H,2H2,1H3/t4-/m1/s1. The molecule has 0 fully saturated rings. The lowest BCUT2D eigenvalue weighted by Gasteiger charge is -2.05. The number of aliphatic hydroxyl groups is 1. The summed E-state index contributed by atoms with van der Waals surface area (Å²) in [4.78, 5) is 42.2. The highest BCUT2D eigenvalue weighted by atomic mass is 16.6. The van der Waals surface area contributed by atoms with Gasteiger partial charge < -0.3 is 9.84 Å². The minimum atomic E-state index is -1.53. The number of carbonyl (C=O) groups is 3. The molecular formula is C8H7NO6. The van der Waals surface area contributed by atoms with E-state index in [0.717, 1.165) is 0 Å². The second-order valence-corrected chi connectivity index (χ2v) is 2.92. The maximum atomic E-state index is 11.0. The van der Waals surface area contributed by atoms with Crippen LogP contribution in [-0.2, 0) is 19.1 Å². The van der Waals surface area contributed by atoms with Gasteiger partial charge in [-0.2, -0.15) is 0 Å². The molecular weight excluding hydrogens is 206 g/mol. The van der Waals surface area contributed by atoms with Crippen molar-refractivity contribution >= 4 is 17.8 Å². The monoisotopic (exact) mass is 213 g/mol. The Hall–Kier alpha value is -1.89. The van der Waals surface area contributed by atoms with Crippen LogP contribution in [0.2, 0.25) is 0 Å². The summed E-state index contributed by atoms with van der Waals surface area (Å²) in [7, 11) is 0. The van der Waals surface area contributed by atoms with Crippen LogP contribution in [0.4, 0.5) is 0 Å². The summed E-state index contributed by atoms with van der Waals surface area (Å²) in [6, 6.07) is 0. The number of nitrogens with zero attached hydrogens (tertiary/aromatic N) is 1. The van der Waals surface area contributed by atoms with Crippen molar-refractivity contribution in [1.29, 1.82) is 0 Å². The van der Waals surface area contributed by atoms with Crippen LogP contribution in [0.15, 0.2) is 16.3 Å². The molecule has 1 amide bonds. The zero-order valence-electron chi connectivity index (χ0n) is 7.72. The molecule has 0 radical (unpaired) electrons. The van der Waals surface area contributed by atoms with Crippen LogP contribution < -0.4 is 0 Å². The van der Waals surface area contributed by atoms with E-state index in [9.17, 15) is 24.4 Å². The Kier molecular flexibility index (Phi) is 3.05. The normalized spacial score (nSPS) is 17.7. The number of nitroso groups, excluding NO2 is 1. The van der Waals surface area contributed by atoms with Gasteiger partial charge in [-0.15, -0.1) is 4.91 Å². The quantitative estimate of drug-likeness (QED) is 0.382. The Morgan fingerprint density at radius 1 is 1.47 bits per heavy atom. The van der Waals surface area contributed by atoms with Gasteiger partial charge in [-0.05, 0) is 6.92 Å². The van der Waals surface area contributed by atoms with Gasteiger partial charge in [0.15, 0.2) is 0 Å². The Labute approximate surface area is 83.7 Å². The van der Waals surface area contributed by atoms with E-state index >= 15 is 0 Å². The Balaban J connectivity index is 2.87. The molecule has 7 heteroatoms. The van der Waals surface area contributed by atoms with E-state index < -0.39 is 30.4 Å². The van der Waals surface area contributed by atoms with Gasteiger partial charge in [0, 0.05) is 10.7 Å². The maximum absolute atomic E-state index is 11.0. The first kappa shape index (κ1) is 11.2. The lowest BCUT2D eigenvalue weighted by molar-refractivity contribution is -0.151. The Morgan fingerprint density at radius 2 is 2.07 bits per heavy atom. The molecule has 0 aromatic carbocycles. The highest BCUT2D eigenvalue weighted by Gasteiger charge is 2.35. The molecule has 1 heterocycles. The van der Waals surface area contributed by atoms with E-state index in [1.54, 1.807) is 0 Å².